The van der Waals surface area contributed by atoms with Gasteiger partial charge in [0.1, 0.15) is 0 Å². The summed E-state index contributed by atoms with van der Waals surface area (Å²) in [6, 6.07) is 18.9. The highest BCUT2D eigenvalue weighted by atomic mass is 16.5. The fourth-order valence-corrected chi connectivity index (χ4v) is 20.4. The van der Waals surface area contributed by atoms with E-state index in [1.807, 2.05) is 22.3 Å². The maximum absolute atomic E-state index is 5.83. The molecule has 0 saturated heterocycles. The maximum atomic E-state index is 5.83. The number of ether oxygens (including phenoxy) is 4. The summed E-state index contributed by atoms with van der Waals surface area (Å²) in [5.74, 6) is 7.69. The first-order valence-electron chi connectivity index (χ1n) is 41.6. The monoisotopic (exact) mass is 1290 g/mol. The molecule has 0 bridgehead atoms. The molecule has 12 rings (SSSR count). The second-order valence-electron chi connectivity index (χ2n) is 32.0. The largest absolute Gasteiger partial charge is 0.379 e. The summed E-state index contributed by atoms with van der Waals surface area (Å²) >= 11 is 0. The lowest BCUT2D eigenvalue weighted by Crippen LogP contribution is -2.27. The van der Waals surface area contributed by atoms with Crippen LogP contribution in [0.3, 0.4) is 0 Å². The van der Waals surface area contributed by atoms with Crippen LogP contribution in [0, 0.1) is 35.5 Å². The van der Waals surface area contributed by atoms with Gasteiger partial charge in [-0.2, -0.15) is 0 Å². The Balaban J connectivity index is 0.000000148. The number of hydrogen-bond acceptors (Lipinski definition) is 4. The second kappa shape index (κ2) is 41.7. The van der Waals surface area contributed by atoms with Gasteiger partial charge >= 0.3 is 0 Å². The molecule has 0 N–H and O–H groups in total. The van der Waals surface area contributed by atoms with Gasteiger partial charge in [-0.1, -0.05) is 146 Å². The quantitative estimate of drug-likeness (QED) is 0.139. The van der Waals surface area contributed by atoms with E-state index in [4.69, 9.17) is 18.9 Å². The summed E-state index contributed by atoms with van der Waals surface area (Å²) in [6.45, 7) is 21.2. The van der Waals surface area contributed by atoms with Crippen molar-refractivity contribution in [3.8, 4) is 0 Å². The number of rotatable bonds is 18. The summed E-state index contributed by atoms with van der Waals surface area (Å²) in [6.07, 6.45) is 65.2. The molecule has 0 aliphatic heterocycles. The molecule has 0 atom stereocenters. The van der Waals surface area contributed by atoms with E-state index in [0.717, 1.165) is 80.2 Å². The Morgan fingerprint density at radius 3 is 0.840 bits per heavy atom. The zero-order valence-corrected chi connectivity index (χ0v) is 62.5. The molecule has 528 valence electrons. The standard InChI is InChI=1S/C23H40O.C23H34O.C22H38O.C22H32O/c2*1-3-5-18-6-8-19(9-7-18)20-10-12-21(13-11-20)22-14-16-23(17-15-22)24-4-2;2*1-3-17-5-7-18(8-6-17)19-9-11-20(12-10-19)21-13-15-22(16-14-21)23-4-2/h18,21-23H,3-17H2,1-2H3;6-9,20,23H,3-5,10-17H2,1-2H3;17,20-22H,3-16H2,1-2H3;5-8,19,22H,3-4,9-16H2,1-2H3. The van der Waals surface area contributed by atoms with Crippen LogP contribution in [0.5, 0.6) is 0 Å². The van der Waals surface area contributed by atoms with E-state index >= 15 is 0 Å². The molecule has 2 aromatic rings. The Hall–Kier alpha value is -2.76. The fraction of sp³-hybridized carbons (Fsp3) is 0.778. The Morgan fingerprint density at radius 1 is 0.266 bits per heavy atom. The average molecular weight is 1290 g/mol. The minimum Gasteiger partial charge on any atom is -0.379 e. The summed E-state index contributed by atoms with van der Waals surface area (Å²) in [4.78, 5) is 0. The van der Waals surface area contributed by atoms with Gasteiger partial charge in [-0.15, -0.1) is 0 Å². The highest BCUT2D eigenvalue weighted by molar-refractivity contribution is 5.30. The third-order valence-electron chi connectivity index (χ3n) is 26.4. The molecule has 0 amide bonds. The van der Waals surface area contributed by atoms with Gasteiger partial charge in [0.2, 0.25) is 0 Å². The fourth-order valence-electron chi connectivity index (χ4n) is 20.4. The molecule has 0 unspecified atom stereocenters. The first-order chi connectivity index (χ1) is 46.2. The number of benzene rings is 2. The lowest BCUT2D eigenvalue weighted by molar-refractivity contribution is 0.0158. The van der Waals surface area contributed by atoms with Crippen LogP contribution >= 0.6 is 0 Å². The molecule has 94 heavy (non-hydrogen) atoms. The van der Waals surface area contributed by atoms with Crippen LogP contribution < -0.4 is 0 Å². The SMILES string of the molecule is CCCC1CCC(=C2CCC(C3CCC(OCC)CC3)CC2)CC1.CCCc1ccc(C2CCC(=C3CCC(OCC)CC3)CC2)cc1.CCOC1CCC(=C2CCC(c3ccc(CC)cc3)CC2)CC1.CCOC1CCC(C2CCC(=C3CCC(CC)CC3)CC2)CC1. The molecule has 0 aromatic heterocycles. The van der Waals surface area contributed by atoms with Crippen LogP contribution in [-0.2, 0) is 31.8 Å². The van der Waals surface area contributed by atoms with Gasteiger partial charge in [-0.05, 0) is 367 Å². The molecule has 0 spiro atoms. The Kier molecular flexibility index (Phi) is 33.5. The molecule has 4 nitrogen and oxygen atoms in total. The minimum atomic E-state index is 0.525. The first-order valence-corrected chi connectivity index (χ1v) is 41.6. The van der Waals surface area contributed by atoms with Gasteiger partial charge in [-0.3, -0.25) is 0 Å². The van der Waals surface area contributed by atoms with Crippen LogP contribution in [0.1, 0.15) is 372 Å². The van der Waals surface area contributed by atoms with Gasteiger partial charge in [-0.25, -0.2) is 0 Å². The molecule has 2 aromatic carbocycles. The average Bonchev–Trinajstić information content (AvgIpc) is 1.11. The van der Waals surface area contributed by atoms with Crippen molar-refractivity contribution in [2.75, 3.05) is 26.4 Å². The van der Waals surface area contributed by atoms with Crippen LogP contribution in [0.2, 0.25) is 0 Å². The van der Waals surface area contributed by atoms with Crippen molar-refractivity contribution in [3.63, 3.8) is 0 Å². The van der Waals surface area contributed by atoms with Crippen molar-refractivity contribution in [2.24, 2.45) is 35.5 Å². The molecule has 10 saturated carbocycles. The van der Waals surface area contributed by atoms with Gasteiger partial charge < -0.3 is 18.9 Å². The first kappa shape index (κ1) is 75.4. The van der Waals surface area contributed by atoms with Crippen LogP contribution in [-0.4, -0.2) is 50.8 Å². The van der Waals surface area contributed by atoms with Crippen molar-refractivity contribution in [1.29, 1.82) is 0 Å². The van der Waals surface area contributed by atoms with Crippen LogP contribution in [0.25, 0.3) is 0 Å². The van der Waals surface area contributed by atoms with E-state index in [2.05, 4.69) is 104 Å². The third kappa shape index (κ3) is 23.7. The lowest BCUT2D eigenvalue weighted by Gasteiger charge is -2.37. The normalized spacial score (nSPS) is 30.6. The minimum absolute atomic E-state index is 0.525. The summed E-state index contributed by atoms with van der Waals surface area (Å²) < 4.78 is 23.2. The molecule has 10 aliphatic rings. The molecule has 0 heterocycles. The summed E-state index contributed by atoms with van der Waals surface area (Å²) in [5.41, 5.74) is 20.8. The van der Waals surface area contributed by atoms with Gasteiger partial charge in [0.25, 0.3) is 0 Å². The smallest absolute Gasteiger partial charge is 0.0581 e. The van der Waals surface area contributed by atoms with E-state index in [0.29, 0.717) is 24.4 Å². The Bertz CT molecular complexity index is 2480. The van der Waals surface area contributed by atoms with E-state index in [9.17, 15) is 0 Å². The highest BCUT2D eigenvalue weighted by Gasteiger charge is 2.34. The van der Waals surface area contributed by atoms with Crippen LogP contribution in [0.4, 0.5) is 0 Å². The second-order valence-corrected chi connectivity index (χ2v) is 32.0. The predicted molar refractivity (Wildman–Crippen MR) is 402 cm³/mol. The van der Waals surface area contributed by atoms with Gasteiger partial charge in [0.05, 0.1) is 24.4 Å². The topological polar surface area (TPSA) is 36.9 Å². The molecule has 10 fully saturated rings. The number of allylic oxidation sites excluding steroid dienone is 8. The molecule has 4 heteroatoms. The maximum Gasteiger partial charge on any atom is 0.0581 e. The molecular weight excluding hydrogens is 1140 g/mol. The zero-order valence-electron chi connectivity index (χ0n) is 62.5. The van der Waals surface area contributed by atoms with Crippen molar-refractivity contribution in [1.82, 2.24) is 0 Å². The van der Waals surface area contributed by atoms with Crippen molar-refractivity contribution in [2.45, 2.75) is 387 Å². The third-order valence-corrected chi connectivity index (χ3v) is 26.4. The zero-order chi connectivity index (χ0) is 65.7. The molecular formula is C90H144O4. The van der Waals surface area contributed by atoms with Gasteiger partial charge in [0, 0.05) is 26.4 Å². The van der Waals surface area contributed by atoms with E-state index < -0.39 is 0 Å². The van der Waals surface area contributed by atoms with Crippen molar-refractivity contribution < 1.29 is 18.9 Å². The summed E-state index contributed by atoms with van der Waals surface area (Å²) in [5, 5.41) is 0. The van der Waals surface area contributed by atoms with E-state index in [1.54, 1.807) is 33.4 Å². The molecule has 0 radical (unpaired) electrons. The Labute approximate surface area is 580 Å². The summed E-state index contributed by atoms with van der Waals surface area (Å²) in [7, 11) is 0. The van der Waals surface area contributed by atoms with E-state index in [-0.39, 0.29) is 0 Å². The molecule has 10 aliphatic carbocycles. The van der Waals surface area contributed by atoms with Gasteiger partial charge in [0.15, 0.2) is 0 Å². The number of hydrogen-bond donors (Lipinski definition) is 0. The van der Waals surface area contributed by atoms with Crippen molar-refractivity contribution >= 4 is 0 Å². The van der Waals surface area contributed by atoms with Crippen LogP contribution in [0.15, 0.2) is 93.1 Å². The van der Waals surface area contributed by atoms with Crippen molar-refractivity contribution in [3.05, 3.63) is 115 Å². The lowest BCUT2D eigenvalue weighted by atomic mass is 9.70. The number of aryl methyl sites for hydroxylation is 2. The predicted octanol–water partition coefficient (Wildman–Crippen LogP) is 26.5. The van der Waals surface area contributed by atoms with E-state index in [1.165, 1.54) is 300 Å². The Morgan fingerprint density at radius 2 is 0.543 bits per heavy atom. The highest BCUT2D eigenvalue weighted by Crippen LogP contribution is 2.47.